The van der Waals surface area contributed by atoms with Gasteiger partial charge in [0.25, 0.3) is 5.91 Å². The average molecular weight is 264 g/mol. The van der Waals surface area contributed by atoms with E-state index in [9.17, 15) is 9.59 Å². The van der Waals surface area contributed by atoms with Crippen molar-refractivity contribution in [1.82, 2.24) is 5.32 Å². The van der Waals surface area contributed by atoms with Gasteiger partial charge in [0, 0.05) is 6.54 Å². The van der Waals surface area contributed by atoms with E-state index in [1.165, 1.54) is 0 Å². The van der Waals surface area contributed by atoms with Gasteiger partial charge >= 0.3 is 5.97 Å². The predicted molar refractivity (Wildman–Crippen MR) is 69.4 cm³/mol. The van der Waals surface area contributed by atoms with Crippen LogP contribution in [0, 0.1) is 0 Å². The Morgan fingerprint density at radius 3 is 3.11 bits per heavy atom. The number of anilines is 1. The number of para-hydroxylation sites is 1. The number of benzene rings is 1. The summed E-state index contributed by atoms with van der Waals surface area (Å²) in [6.45, 7) is 3.08. The highest BCUT2D eigenvalue weighted by Crippen LogP contribution is 2.30. The Morgan fingerprint density at radius 1 is 1.47 bits per heavy atom. The molecular formula is C13H16N2O4. The van der Waals surface area contributed by atoms with E-state index in [4.69, 9.17) is 9.47 Å². The molecule has 1 amide bonds. The molecule has 0 spiro atoms. The van der Waals surface area contributed by atoms with Gasteiger partial charge in [-0.3, -0.25) is 9.59 Å². The van der Waals surface area contributed by atoms with Crippen molar-refractivity contribution in [1.29, 1.82) is 0 Å². The van der Waals surface area contributed by atoms with Crippen molar-refractivity contribution in [3.63, 3.8) is 0 Å². The first kappa shape index (κ1) is 13.2. The van der Waals surface area contributed by atoms with Crippen molar-refractivity contribution in [3.8, 4) is 5.75 Å². The molecular weight excluding hydrogens is 248 g/mol. The maximum atomic E-state index is 12.0. The summed E-state index contributed by atoms with van der Waals surface area (Å²) >= 11 is 0. The summed E-state index contributed by atoms with van der Waals surface area (Å²) in [6.07, 6.45) is 0. The second kappa shape index (κ2) is 6.08. The molecule has 1 aliphatic heterocycles. The second-order valence-corrected chi connectivity index (χ2v) is 3.95. The fourth-order valence-corrected chi connectivity index (χ4v) is 1.81. The molecule has 0 saturated carbocycles. The minimum atomic E-state index is -0.459. The zero-order valence-electron chi connectivity index (χ0n) is 10.7. The first-order valence-electron chi connectivity index (χ1n) is 6.16. The van der Waals surface area contributed by atoms with E-state index in [2.05, 4.69) is 10.6 Å². The van der Waals surface area contributed by atoms with E-state index in [1.54, 1.807) is 19.1 Å². The largest absolute Gasteiger partial charge is 0.489 e. The normalized spacial score (nSPS) is 12.7. The highest BCUT2D eigenvalue weighted by Gasteiger charge is 2.19. The fraction of sp³-hybridized carbons (Fsp3) is 0.385. The predicted octanol–water partition coefficient (Wildman–Crippen LogP) is 0.784. The number of esters is 1. The Bertz CT molecular complexity index is 488. The van der Waals surface area contributed by atoms with Crippen molar-refractivity contribution in [2.75, 3.05) is 31.6 Å². The number of fused-ring (bicyclic) bond motifs is 1. The molecule has 102 valence electrons. The summed E-state index contributed by atoms with van der Waals surface area (Å²) in [5.41, 5.74) is 1.20. The number of ether oxygens (including phenoxy) is 2. The number of amides is 1. The first-order chi connectivity index (χ1) is 9.22. The molecule has 19 heavy (non-hydrogen) atoms. The Morgan fingerprint density at radius 2 is 2.32 bits per heavy atom. The van der Waals surface area contributed by atoms with Gasteiger partial charge in [-0.25, -0.2) is 0 Å². The van der Waals surface area contributed by atoms with E-state index in [-0.39, 0.29) is 12.5 Å². The standard InChI is InChI=1S/C13H16N2O4/c1-2-18-11(16)8-15-13(17)9-4-3-5-10-12(9)19-7-6-14-10/h3-5,14H,2,6-8H2,1H3,(H,15,17). The third-order valence-electron chi connectivity index (χ3n) is 2.62. The average Bonchev–Trinajstić information content (AvgIpc) is 2.44. The van der Waals surface area contributed by atoms with Crippen LogP contribution < -0.4 is 15.4 Å². The van der Waals surface area contributed by atoms with E-state index >= 15 is 0 Å². The lowest BCUT2D eigenvalue weighted by Crippen LogP contribution is -2.31. The number of carbonyl (C=O) groups excluding carboxylic acids is 2. The molecule has 2 N–H and O–H groups in total. The quantitative estimate of drug-likeness (QED) is 0.786. The summed E-state index contributed by atoms with van der Waals surface area (Å²) in [7, 11) is 0. The lowest BCUT2D eigenvalue weighted by atomic mass is 10.1. The molecule has 1 aromatic rings. The minimum Gasteiger partial charge on any atom is -0.489 e. The van der Waals surface area contributed by atoms with Gasteiger partial charge in [0.1, 0.15) is 13.2 Å². The Kier molecular flexibility index (Phi) is 4.22. The van der Waals surface area contributed by atoms with Crippen LogP contribution in [0.4, 0.5) is 5.69 Å². The Balaban J connectivity index is 2.05. The molecule has 1 aliphatic rings. The molecule has 6 heteroatoms. The van der Waals surface area contributed by atoms with Crippen molar-refractivity contribution in [3.05, 3.63) is 23.8 Å². The SMILES string of the molecule is CCOC(=O)CNC(=O)c1cccc2c1OCCN2. The third-order valence-corrected chi connectivity index (χ3v) is 2.62. The van der Waals surface area contributed by atoms with Crippen LogP contribution in [0.2, 0.25) is 0 Å². The maximum absolute atomic E-state index is 12.0. The first-order valence-corrected chi connectivity index (χ1v) is 6.16. The van der Waals surface area contributed by atoms with Crippen molar-refractivity contribution < 1.29 is 19.1 Å². The maximum Gasteiger partial charge on any atom is 0.325 e. The second-order valence-electron chi connectivity index (χ2n) is 3.95. The van der Waals surface area contributed by atoms with Crippen LogP contribution in [-0.4, -0.2) is 38.2 Å². The molecule has 1 aromatic carbocycles. The van der Waals surface area contributed by atoms with Crippen LogP contribution in [0.3, 0.4) is 0 Å². The van der Waals surface area contributed by atoms with Crippen LogP contribution in [0.5, 0.6) is 5.75 Å². The third kappa shape index (κ3) is 3.15. The Labute approximate surface area is 111 Å². The number of hydrogen-bond donors (Lipinski definition) is 2. The van der Waals surface area contributed by atoms with Gasteiger partial charge in [-0.05, 0) is 19.1 Å². The number of hydrogen-bond acceptors (Lipinski definition) is 5. The lowest BCUT2D eigenvalue weighted by molar-refractivity contribution is -0.141. The van der Waals surface area contributed by atoms with Crippen LogP contribution in [0.15, 0.2) is 18.2 Å². The Hall–Kier alpha value is -2.24. The molecule has 0 atom stereocenters. The highest BCUT2D eigenvalue weighted by atomic mass is 16.5. The van der Waals surface area contributed by atoms with Gasteiger partial charge in [-0.2, -0.15) is 0 Å². The molecule has 0 aromatic heterocycles. The van der Waals surface area contributed by atoms with Gasteiger partial charge in [0.2, 0.25) is 0 Å². The minimum absolute atomic E-state index is 0.149. The van der Waals surface area contributed by atoms with Gasteiger partial charge in [0.15, 0.2) is 5.75 Å². The van der Waals surface area contributed by atoms with E-state index in [0.29, 0.717) is 31.1 Å². The van der Waals surface area contributed by atoms with E-state index in [0.717, 1.165) is 5.69 Å². The van der Waals surface area contributed by atoms with E-state index < -0.39 is 5.97 Å². The van der Waals surface area contributed by atoms with Gasteiger partial charge in [-0.1, -0.05) is 6.07 Å². The monoisotopic (exact) mass is 264 g/mol. The lowest BCUT2D eigenvalue weighted by Gasteiger charge is -2.21. The van der Waals surface area contributed by atoms with Crippen LogP contribution in [-0.2, 0) is 9.53 Å². The molecule has 0 aliphatic carbocycles. The van der Waals surface area contributed by atoms with Crippen LogP contribution >= 0.6 is 0 Å². The summed E-state index contributed by atoms with van der Waals surface area (Å²) < 4.78 is 10.2. The van der Waals surface area contributed by atoms with Crippen LogP contribution in [0.25, 0.3) is 0 Å². The zero-order chi connectivity index (χ0) is 13.7. The van der Waals surface area contributed by atoms with Gasteiger partial charge in [0.05, 0.1) is 17.9 Å². The number of rotatable bonds is 4. The summed E-state index contributed by atoms with van der Waals surface area (Å²) in [5.74, 6) is -0.289. The molecule has 1 heterocycles. The zero-order valence-corrected chi connectivity index (χ0v) is 10.7. The topological polar surface area (TPSA) is 76.7 Å². The van der Waals surface area contributed by atoms with Gasteiger partial charge in [-0.15, -0.1) is 0 Å². The number of nitrogens with one attached hydrogen (secondary N) is 2. The smallest absolute Gasteiger partial charge is 0.325 e. The summed E-state index contributed by atoms with van der Waals surface area (Å²) in [6, 6.07) is 5.27. The molecule has 0 bridgehead atoms. The molecule has 0 fully saturated rings. The van der Waals surface area contributed by atoms with Crippen LogP contribution in [0.1, 0.15) is 17.3 Å². The summed E-state index contributed by atoms with van der Waals surface area (Å²) in [4.78, 5) is 23.2. The summed E-state index contributed by atoms with van der Waals surface area (Å²) in [5, 5.41) is 5.66. The molecule has 2 rings (SSSR count). The number of carbonyl (C=O) groups is 2. The molecule has 0 saturated heterocycles. The molecule has 6 nitrogen and oxygen atoms in total. The van der Waals surface area contributed by atoms with Crippen molar-refractivity contribution in [2.45, 2.75) is 6.92 Å². The molecule has 0 unspecified atom stereocenters. The van der Waals surface area contributed by atoms with Gasteiger partial charge < -0.3 is 20.1 Å². The highest BCUT2D eigenvalue weighted by molar-refractivity contribution is 6.00. The fourth-order valence-electron chi connectivity index (χ4n) is 1.81. The van der Waals surface area contributed by atoms with Crippen molar-refractivity contribution >= 4 is 17.6 Å². The molecule has 0 radical (unpaired) electrons. The van der Waals surface area contributed by atoms with E-state index in [1.807, 2.05) is 6.07 Å². The van der Waals surface area contributed by atoms with Crippen molar-refractivity contribution in [2.24, 2.45) is 0 Å².